The highest BCUT2D eigenvalue weighted by molar-refractivity contribution is 6.42. The van der Waals surface area contributed by atoms with E-state index in [2.05, 4.69) is 10.3 Å². The van der Waals surface area contributed by atoms with Crippen molar-refractivity contribution in [3.63, 3.8) is 0 Å². The van der Waals surface area contributed by atoms with E-state index in [0.29, 0.717) is 12.1 Å². The molecule has 0 spiro atoms. The Morgan fingerprint density at radius 3 is 2.33 bits per heavy atom. The van der Waals surface area contributed by atoms with Gasteiger partial charge >= 0.3 is 7.12 Å². The molecule has 0 saturated heterocycles. The Labute approximate surface area is 140 Å². The number of ether oxygens (including phenoxy) is 1. The molecule has 0 aliphatic rings. The molecule has 24 heavy (non-hydrogen) atoms. The van der Waals surface area contributed by atoms with E-state index in [1.165, 1.54) is 4.68 Å². The van der Waals surface area contributed by atoms with Gasteiger partial charge in [-0.2, -0.15) is 0 Å². The maximum absolute atomic E-state index is 9.68. The van der Waals surface area contributed by atoms with Crippen molar-refractivity contribution in [2.24, 2.45) is 0 Å². The van der Waals surface area contributed by atoms with Crippen molar-refractivity contribution in [2.75, 3.05) is 0 Å². The van der Waals surface area contributed by atoms with E-state index in [0.717, 1.165) is 11.3 Å². The van der Waals surface area contributed by atoms with Crippen LogP contribution in [-0.4, -0.2) is 32.2 Å². The highest BCUT2D eigenvalue weighted by Gasteiger charge is 2.27. The normalized spacial score (nSPS) is 11.9. The first-order valence-corrected chi connectivity index (χ1v) is 7.71. The predicted octanol–water partition coefficient (Wildman–Crippen LogP) is 1.65. The topological polar surface area (TPSA) is 80.4 Å². The van der Waals surface area contributed by atoms with Gasteiger partial charge in [0.25, 0.3) is 0 Å². The molecule has 0 aliphatic heterocycles. The van der Waals surface area contributed by atoms with Crippen LogP contribution < -0.4 is 4.74 Å². The van der Waals surface area contributed by atoms with Crippen LogP contribution in [0, 0.1) is 0 Å². The van der Waals surface area contributed by atoms with Gasteiger partial charge in [-0.25, -0.2) is 0 Å². The average molecular weight is 323 g/mol. The third-order valence-electron chi connectivity index (χ3n) is 3.66. The molecule has 1 unspecified atom stereocenters. The molecule has 0 aliphatic carbocycles. The minimum Gasteiger partial charge on any atom is -0.487 e. The number of nitrogens with zero attached hydrogens (tertiary/aromatic N) is 3. The average Bonchev–Trinajstić information content (AvgIpc) is 3.08. The molecule has 2 N–H and O–H groups in total. The lowest BCUT2D eigenvalue weighted by Gasteiger charge is -2.15. The maximum atomic E-state index is 9.68. The fourth-order valence-corrected chi connectivity index (χ4v) is 2.41. The molecule has 1 aromatic heterocycles. The van der Waals surface area contributed by atoms with Crippen molar-refractivity contribution in [3.05, 3.63) is 78.1 Å². The molecular formula is C17H18BN3O3. The summed E-state index contributed by atoms with van der Waals surface area (Å²) in [6.45, 7) is 0.267. The fourth-order valence-electron chi connectivity index (χ4n) is 2.41. The molecule has 0 bridgehead atoms. The zero-order chi connectivity index (χ0) is 16.8. The fraction of sp³-hybridized carbons (Fsp3) is 0.176. The van der Waals surface area contributed by atoms with Gasteiger partial charge in [0.1, 0.15) is 18.1 Å². The van der Waals surface area contributed by atoms with Gasteiger partial charge in [-0.15, -0.1) is 5.10 Å². The van der Waals surface area contributed by atoms with Gasteiger partial charge in [-0.1, -0.05) is 53.7 Å². The molecule has 3 rings (SSSR count). The Morgan fingerprint density at radius 2 is 1.67 bits per heavy atom. The third-order valence-corrected chi connectivity index (χ3v) is 3.66. The van der Waals surface area contributed by atoms with Crippen molar-refractivity contribution in [2.45, 2.75) is 19.0 Å². The lowest BCUT2D eigenvalue weighted by atomic mass is 9.76. The van der Waals surface area contributed by atoms with Crippen LogP contribution in [0.2, 0.25) is 0 Å². The van der Waals surface area contributed by atoms with E-state index < -0.39 is 13.1 Å². The van der Waals surface area contributed by atoms with Gasteiger partial charge < -0.3 is 14.8 Å². The van der Waals surface area contributed by atoms with Crippen LogP contribution in [-0.2, 0) is 13.0 Å². The van der Waals surface area contributed by atoms with Crippen molar-refractivity contribution >= 4 is 7.12 Å². The molecule has 0 amide bonds. The van der Waals surface area contributed by atoms with Crippen molar-refractivity contribution in [1.82, 2.24) is 15.0 Å². The first-order valence-electron chi connectivity index (χ1n) is 7.71. The van der Waals surface area contributed by atoms with Gasteiger partial charge in [0.05, 0.1) is 12.1 Å². The Hall–Kier alpha value is -2.64. The highest BCUT2D eigenvalue weighted by Crippen LogP contribution is 2.16. The second-order valence-electron chi connectivity index (χ2n) is 5.46. The molecule has 122 valence electrons. The van der Waals surface area contributed by atoms with Crippen molar-refractivity contribution < 1.29 is 14.8 Å². The minimum atomic E-state index is -1.53. The van der Waals surface area contributed by atoms with Gasteiger partial charge in [-0.05, 0) is 24.1 Å². The highest BCUT2D eigenvalue weighted by atomic mass is 16.5. The largest absolute Gasteiger partial charge is 0.487 e. The molecule has 7 heteroatoms. The number of para-hydroxylation sites is 1. The maximum Gasteiger partial charge on any atom is 0.478 e. The SMILES string of the molecule is OB(O)C(Cc1ccccc1)n1cc(COc2ccccc2)nn1. The monoisotopic (exact) mass is 323 g/mol. The predicted molar refractivity (Wildman–Crippen MR) is 90.2 cm³/mol. The number of hydrogen-bond acceptors (Lipinski definition) is 5. The van der Waals surface area contributed by atoms with Crippen LogP contribution in [0.1, 0.15) is 17.2 Å². The Bertz CT molecular complexity index is 750. The second kappa shape index (κ2) is 7.76. The summed E-state index contributed by atoms with van der Waals surface area (Å²) in [6, 6.07) is 19.0. The van der Waals surface area contributed by atoms with Crippen LogP contribution >= 0.6 is 0 Å². The Morgan fingerprint density at radius 1 is 1.00 bits per heavy atom. The van der Waals surface area contributed by atoms with Gasteiger partial charge in [0.2, 0.25) is 0 Å². The smallest absolute Gasteiger partial charge is 0.478 e. The van der Waals surface area contributed by atoms with Crippen LogP contribution in [0.25, 0.3) is 0 Å². The first-order chi connectivity index (χ1) is 11.7. The van der Waals surface area contributed by atoms with E-state index in [9.17, 15) is 10.0 Å². The quantitative estimate of drug-likeness (QED) is 0.646. The van der Waals surface area contributed by atoms with Crippen LogP contribution in [0.5, 0.6) is 5.75 Å². The molecule has 6 nitrogen and oxygen atoms in total. The second-order valence-corrected chi connectivity index (χ2v) is 5.46. The summed E-state index contributed by atoms with van der Waals surface area (Å²) in [5.41, 5.74) is 1.62. The summed E-state index contributed by atoms with van der Waals surface area (Å²) in [6.07, 6.45) is 2.12. The summed E-state index contributed by atoms with van der Waals surface area (Å²) in [4.78, 5) is 0. The van der Waals surface area contributed by atoms with Crippen LogP contribution in [0.15, 0.2) is 66.9 Å². The van der Waals surface area contributed by atoms with E-state index >= 15 is 0 Å². The molecule has 3 aromatic rings. The zero-order valence-electron chi connectivity index (χ0n) is 13.1. The summed E-state index contributed by atoms with van der Waals surface area (Å²) < 4.78 is 7.10. The van der Waals surface area contributed by atoms with Crippen LogP contribution in [0.3, 0.4) is 0 Å². The number of hydrogen-bond donors (Lipinski definition) is 2. The number of aromatic nitrogens is 3. The zero-order valence-corrected chi connectivity index (χ0v) is 13.1. The lowest BCUT2D eigenvalue weighted by Crippen LogP contribution is -2.31. The number of benzene rings is 2. The van der Waals surface area contributed by atoms with Crippen molar-refractivity contribution in [1.29, 1.82) is 0 Å². The Kier molecular flexibility index (Phi) is 5.25. The summed E-state index contributed by atoms with van der Waals surface area (Å²) in [7, 11) is -1.53. The van der Waals surface area contributed by atoms with E-state index in [1.54, 1.807) is 6.20 Å². The van der Waals surface area contributed by atoms with Gasteiger partial charge in [0, 0.05) is 0 Å². The van der Waals surface area contributed by atoms with Crippen molar-refractivity contribution in [3.8, 4) is 5.75 Å². The molecule has 0 fully saturated rings. The molecule has 0 radical (unpaired) electrons. The van der Waals surface area contributed by atoms with Crippen LogP contribution in [0.4, 0.5) is 0 Å². The summed E-state index contributed by atoms with van der Waals surface area (Å²) in [5.74, 6) is 0.139. The molecule has 2 aromatic carbocycles. The third kappa shape index (κ3) is 4.21. The Balaban J connectivity index is 1.67. The molecule has 0 saturated carbocycles. The van der Waals surface area contributed by atoms with E-state index in [4.69, 9.17) is 4.74 Å². The summed E-state index contributed by atoms with van der Waals surface area (Å²) in [5, 5.41) is 27.4. The lowest BCUT2D eigenvalue weighted by molar-refractivity contribution is 0.301. The molecule has 1 heterocycles. The van der Waals surface area contributed by atoms with Gasteiger partial charge in [-0.3, -0.25) is 4.68 Å². The van der Waals surface area contributed by atoms with E-state index in [1.807, 2.05) is 60.7 Å². The standard InChI is InChI=1S/C17H18BN3O3/c22-18(23)17(11-14-7-3-1-4-8-14)21-12-15(19-20-21)13-24-16-9-5-2-6-10-16/h1-10,12,17,22-23H,11,13H2. The van der Waals surface area contributed by atoms with Gasteiger partial charge in [0.15, 0.2) is 0 Å². The van der Waals surface area contributed by atoms with E-state index in [-0.39, 0.29) is 6.61 Å². The summed E-state index contributed by atoms with van der Waals surface area (Å²) >= 11 is 0. The number of rotatable bonds is 7. The first kappa shape index (κ1) is 16.2. The molecule has 1 atom stereocenters. The minimum absolute atomic E-state index is 0.267. The molecular weight excluding hydrogens is 305 g/mol.